The van der Waals surface area contributed by atoms with Gasteiger partial charge in [0.1, 0.15) is 4.75 Å². The summed E-state index contributed by atoms with van der Waals surface area (Å²) in [5.74, 6) is 2.06. The summed E-state index contributed by atoms with van der Waals surface area (Å²) >= 11 is 12.3. The van der Waals surface area contributed by atoms with Crippen molar-refractivity contribution in [2.24, 2.45) is 5.73 Å². The molecule has 0 saturated carbocycles. The minimum absolute atomic E-state index is 0.0421. The van der Waals surface area contributed by atoms with E-state index < -0.39 is 10.9 Å². The molecular formula is C20H18Cl2F3NS. The predicted octanol–water partition coefficient (Wildman–Crippen LogP) is 6.15. The molecule has 1 unspecified atom stereocenters. The van der Waals surface area contributed by atoms with Crippen LogP contribution in [0.5, 0.6) is 0 Å². The SMILES string of the molecule is C#C/C(Cl)=C\C(=C/CCl)C1(C(F)(F)F)CC(c2ccc(CN)c(C)c2)=CS1. The van der Waals surface area contributed by atoms with Gasteiger partial charge in [-0.2, -0.15) is 13.2 Å². The van der Waals surface area contributed by atoms with Crippen molar-refractivity contribution < 1.29 is 13.2 Å². The first-order valence-electron chi connectivity index (χ1n) is 8.02. The molecule has 1 aromatic rings. The highest BCUT2D eigenvalue weighted by Gasteiger charge is 2.59. The first kappa shape index (κ1) is 22.0. The molecular weight excluding hydrogens is 414 g/mol. The Morgan fingerprint density at radius 2 is 2.15 bits per heavy atom. The smallest absolute Gasteiger partial charge is 0.326 e. The van der Waals surface area contributed by atoms with E-state index in [2.05, 4.69) is 5.92 Å². The fourth-order valence-electron chi connectivity index (χ4n) is 2.92. The first-order chi connectivity index (χ1) is 12.7. The van der Waals surface area contributed by atoms with Crippen LogP contribution in [0.25, 0.3) is 5.57 Å². The molecule has 1 aliphatic rings. The van der Waals surface area contributed by atoms with Crippen molar-refractivity contribution in [1.82, 2.24) is 0 Å². The molecule has 2 N–H and O–H groups in total. The topological polar surface area (TPSA) is 26.0 Å². The van der Waals surface area contributed by atoms with Crippen LogP contribution in [-0.2, 0) is 6.54 Å². The van der Waals surface area contributed by atoms with Crippen LogP contribution in [0.15, 0.2) is 46.4 Å². The Bertz CT molecular complexity index is 850. The van der Waals surface area contributed by atoms with Gasteiger partial charge in [-0.15, -0.1) is 29.8 Å². The number of benzene rings is 1. The van der Waals surface area contributed by atoms with Gasteiger partial charge in [0.15, 0.2) is 0 Å². The molecule has 0 saturated heterocycles. The number of hydrogen-bond donors (Lipinski definition) is 1. The standard InChI is InChI=1S/C20H18Cl2F3NS/c1-3-18(22)9-17(6-7-21)19(20(23,24)25)10-16(12-27-19)14-4-5-15(11-26)13(2)8-14/h1,4-6,8-9,12H,7,10-11,26H2,2H3/b17-6+,18-9+. The van der Waals surface area contributed by atoms with Crippen molar-refractivity contribution >= 4 is 40.5 Å². The minimum atomic E-state index is -4.53. The zero-order valence-corrected chi connectivity index (χ0v) is 16.9. The van der Waals surface area contributed by atoms with Gasteiger partial charge in [-0.05, 0) is 46.2 Å². The lowest BCUT2D eigenvalue weighted by molar-refractivity contribution is -0.147. The van der Waals surface area contributed by atoms with Gasteiger partial charge < -0.3 is 5.73 Å². The molecule has 0 amide bonds. The molecule has 0 bridgehead atoms. The van der Waals surface area contributed by atoms with Crippen molar-refractivity contribution in [3.8, 4) is 12.3 Å². The summed E-state index contributed by atoms with van der Waals surface area (Å²) in [5, 5.41) is 1.44. The maximum Gasteiger partial charge on any atom is 0.407 e. The van der Waals surface area contributed by atoms with E-state index in [1.54, 1.807) is 11.5 Å². The monoisotopic (exact) mass is 431 g/mol. The van der Waals surface area contributed by atoms with Gasteiger partial charge in [0.05, 0.1) is 5.03 Å². The number of halogens is 5. The van der Waals surface area contributed by atoms with E-state index in [-0.39, 0.29) is 22.9 Å². The lowest BCUT2D eigenvalue weighted by Gasteiger charge is -2.32. The quantitative estimate of drug-likeness (QED) is 0.343. The molecule has 27 heavy (non-hydrogen) atoms. The second-order valence-electron chi connectivity index (χ2n) is 6.06. The summed E-state index contributed by atoms with van der Waals surface area (Å²) in [7, 11) is 0. The molecule has 0 aromatic heterocycles. The average molecular weight is 432 g/mol. The Kier molecular flexibility index (Phi) is 7.15. The van der Waals surface area contributed by atoms with Crippen molar-refractivity contribution in [3.63, 3.8) is 0 Å². The van der Waals surface area contributed by atoms with Crippen molar-refractivity contribution in [2.45, 2.75) is 30.8 Å². The summed E-state index contributed by atoms with van der Waals surface area (Å²) in [6, 6.07) is 5.49. The number of terminal acetylenes is 1. The predicted molar refractivity (Wildman–Crippen MR) is 110 cm³/mol. The summed E-state index contributed by atoms with van der Waals surface area (Å²) in [6.45, 7) is 2.27. The molecule has 1 nitrogen and oxygen atoms in total. The summed E-state index contributed by atoms with van der Waals surface area (Å²) in [5.41, 5.74) is 8.85. The zero-order valence-electron chi connectivity index (χ0n) is 14.5. The lowest BCUT2D eigenvalue weighted by atomic mass is 9.87. The number of alkyl halides is 4. The van der Waals surface area contributed by atoms with E-state index in [0.29, 0.717) is 23.9 Å². The van der Waals surface area contributed by atoms with Crippen LogP contribution < -0.4 is 5.73 Å². The van der Waals surface area contributed by atoms with E-state index >= 15 is 0 Å². The van der Waals surface area contributed by atoms with Crippen LogP contribution in [0.2, 0.25) is 0 Å². The van der Waals surface area contributed by atoms with Crippen LogP contribution in [0, 0.1) is 19.3 Å². The number of thioether (sulfide) groups is 1. The third-order valence-corrected chi connectivity index (χ3v) is 6.21. The second kappa shape index (κ2) is 8.79. The van der Waals surface area contributed by atoms with Gasteiger partial charge >= 0.3 is 6.18 Å². The molecule has 1 aromatic carbocycles. The number of aryl methyl sites for hydroxylation is 1. The Labute approximate surface area is 171 Å². The van der Waals surface area contributed by atoms with Crippen molar-refractivity contribution in [1.29, 1.82) is 0 Å². The highest BCUT2D eigenvalue weighted by molar-refractivity contribution is 8.04. The Balaban J connectivity index is 2.48. The number of nitrogens with two attached hydrogens (primary N) is 1. The first-order valence-corrected chi connectivity index (χ1v) is 9.81. The Morgan fingerprint density at radius 1 is 1.44 bits per heavy atom. The fourth-order valence-corrected chi connectivity index (χ4v) is 4.42. The number of hydrogen-bond acceptors (Lipinski definition) is 2. The van der Waals surface area contributed by atoms with E-state index in [9.17, 15) is 13.2 Å². The summed E-state index contributed by atoms with van der Waals surface area (Å²) in [6.07, 6.45) is 2.92. The maximum absolute atomic E-state index is 14.2. The van der Waals surface area contributed by atoms with Gasteiger partial charge in [0.25, 0.3) is 0 Å². The van der Waals surface area contributed by atoms with Crippen LogP contribution in [-0.4, -0.2) is 16.8 Å². The van der Waals surface area contributed by atoms with Crippen LogP contribution >= 0.6 is 35.0 Å². The van der Waals surface area contributed by atoms with Gasteiger partial charge in [-0.3, -0.25) is 0 Å². The molecule has 1 aliphatic heterocycles. The number of rotatable bonds is 5. The van der Waals surface area contributed by atoms with E-state index in [1.807, 2.05) is 19.1 Å². The van der Waals surface area contributed by atoms with Gasteiger partial charge in [-0.1, -0.05) is 41.8 Å². The molecule has 0 fully saturated rings. The van der Waals surface area contributed by atoms with E-state index in [1.165, 1.54) is 12.2 Å². The normalized spacial score (nSPS) is 21.2. The minimum Gasteiger partial charge on any atom is -0.326 e. The van der Waals surface area contributed by atoms with Gasteiger partial charge in [0.2, 0.25) is 0 Å². The van der Waals surface area contributed by atoms with Crippen LogP contribution in [0.3, 0.4) is 0 Å². The molecule has 0 radical (unpaired) electrons. The summed E-state index contributed by atoms with van der Waals surface area (Å²) in [4.78, 5) is 0. The fraction of sp³-hybridized carbons (Fsp3) is 0.300. The average Bonchev–Trinajstić information content (AvgIpc) is 3.07. The van der Waals surface area contributed by atoms with Crippen molar-refractivity contribution in [2.75, 3.05) is 5.88 Å². The Morgan fingerprint density at radius 3 is 2.67 bits per heavy atom. The molecule has 1 atom stereocenters. The zero-order chi connectivity index (χ0) is 20.2. The van der Waals surface area contributed by atoms with Crippen molar-refractivity contribution in [3.05, 3.63) is 63.1 Å². The third-order valence-electron chi connectivity index (χ3n) is 4.42. The third kappa shape index (κ3) is 4.57. The number of allylic oxidation sites excluding steroid dienone is 4. The Hall–Kier alpha value is -1.32. The highest BCUT2D eigenvalue weighted by Crippen LogP contribution is 2.57. The van der Waals surface area contributed by atoms with E-state index in [0.717, 1.165) is 16.7 Å². The highest BCUT2D eigenvalue weighted by atomic mass is 35.5. The molecule has 144 valence electrons. The molecule has 1 heterocycles. The molecule has 0 aliphatic carbocycles. The molecule has 2 rings (SSSR count). The maximum atomic E-state index is 14.2. The second-order valence-corrected chi connectivity index (χ2v) is 7.94. The van der Waals surface area contributed by atoms with E-state index in [4.69, 9.17) is 35.4 Å². The lowest BCUT2D eigenvalue weighted by Crippen LogP contribution is -2.42. The molecule has 0 spiro atoms. The molecule has 7 heteroatoms. The van der Waals surface area contributed by atoms with Gasteiger partial charge in [-0.25, -0.2) is 0 Å². The summed E-state index contributed by atoms with van der Waals surface area (Å²) < 4.78 is 40.3. The largest absolute Gasteiger partial charge is 0.407 e. The van der Waals surface area contributed by atoms with Crippen LogP contribution in [0.4, 0.5) is 13.2 Å². The van der Waals surface area contributed by atoms with Gasteiger partial charge in [0, 0.05) is 18.8 Å². The van der Waals surface area contributed by atoms with Crippen LogP contribution in [0.1, 0.15) is 23.1 Å².